The van der Waals surface area contributed by atoms with Crippen LogP contribution in [0.2, 0.25) is 0 Å². The van der Waals surface area contributed by atoms with Crippen molar-refractivity contribution >= 4 is 5.91 Å². The van der Waals surface area contributed by atoms with Crippen molar-refractivity contribution in [2.75, 3.05) is 7.11 Å². The smallest absolute Gasteiger partial charge is 0.255 e. The molecule has 0 unspecified atom stereocenters. The molecule has 1 aliphatic carbocycles. The number of hydrogen-bond donors (Lipinski definition) is 2. The van der Waals surface area contributed by atoms with E-state index in [2.05, 4.69) is 10.3 Å². The van der Waals surface area contributed by atoms with Gasteiger partial charge in [-0.25, -0.2) is 0 Å². The van der Waals surface area contributed by atoms with Gasteiger partial charge >= 0.3 is 0 Å². The molecular weight excluding hydrogens is 316 g/mol. The molecule has 0 spiro atoms. The molecule has 2 aromatic rings. The molecule has 1 atom stereocenters. The number of nitrogens with one attached hydrogen (secondary N) is 1. The number of aliphatic hydroxyl groups excluding tert-OH is 1. The second-order valence-corrected chi connectivity index (χ2v) is 6.68. The van der Waals surface area contributed by atoms with Crippen LogP contribution < -0.4 is 10.1 Å². The summed E-state index contributed by atoms with van der Waals surface area (Å²) >= 11 is 0. The van der Waals surface area contributed by atoms with Gasteiger partial charge in [0.25, 0.3) is 5.91 Å². The largest absolute Gasteiger partial charge is 0.496 e. The van der Waals surface area contributed by atoms with Crippen LogP contribution in [0.15, 0.2) is 42.7 Å². The molecule has 25 heavy (non-hydrogen) atoms. The number of hydrogen-bond acceptors (Lipinski definition) is 4. The molecule has 1 heterocycles. The Bertz CT molecular complexity index is 727. The molecule has 0 saturated heterocycles. The second kappa shape index (κ2) is 7.66. The number of nitrogens with zero attached hydrogens (tertiary/aromatic N) is 1. The Morgan fingerprint density at radius 3 is 2.68 bits per heavy atom. The number of aryl methyl sites for hydroxylation is 1. The predicted octanol–water partition coefficient (Wildman–Crippen LogP) is 2.51. The molecule has 0 bridgehead atoms. The molecule has 3 rings (SSSR count). The second-order valence-electron chi connectivity index (χ2n) is 6.68. The summed E-state index contributed by atoms with van der Waals surface area (Å²) in [4.78, 5) is 16.9. The molecule has 1 amide bonds. The van der Waals surface area contributed by atoms with Crippen LogP contribution in [0, 0.1) is 12.8 Å². The van der Waals surface area contributed by atoms with E-state index >= 15 is 0 Å². The lowest BCUT2D eigenvalue weighted by Gasteiger charge is -2.38. The van der Waals surface area contributed by atoms with Gasteiger partial charge in [-0.1, -0.05) is 12.1 Å². The standard InChI is InChI=1S/C20H24N2O3/c1-13-4-3-5-18(25-2)19(13)20(24)22-17(15-11-16(23)12-15)10-14-6-8-21-9-7-14/h3-9,15-17,23H,10-12H2,1-2H3,(H,22,24)/t15?,16?,17-/m1/s1. The summed E-state index contributed by atoms with van der Waals surface area (Å²) in [6.07, 6.45) is 5.43. The maximum absolute atomic E-state index is 12.9. The van der Waals surface area contributed by atoms with Crippen molar-refractivity contribution in [2.45, 2.75) is 38.3 Å². The zero-order valence-corrected chi connectivity index (χ0v) is 14.6. The average molecular weight is 340 g/mol. The van der Waals surface area contributed by atoms with Gasteiger partial charge in [0, 0.05) is 18.4 Å². The molecule has 1 fully saturated rings. The van der Waals surface area contributed by atoms with Crippen LogP contribution in [0.4, 0.5) is 0 Å². The van der Waals surface area contributed by atoms with Gasteiger partial charge in [-0.3, -0.25) is 9.78 Å². The highest BCUT2D eigenvalue weighted by molar-refractivity contribution is 5.98. The summed E-state index contributed by atoms with van der Waals surface area (Å²) in [5.74, 6) is 0.728. The van der Waals surface area contributed by atoms with Crippen LogP contribution in [0.5, 0.6) is 5.75 Å². The van der Waals surface area contributed by atoms with Gasteiger partial charge in [-0.15, -0.1) is 0 Å². The first kappa shape index (κ1) is 17.4. The number of aromatic nitrogens is 1. The van der Waals surface area contributed by atoms with E-state index in [4.69, 9.17) is 4.74 Å². The van der Waals surface area contributed by atoms with Crippen LogP contribution in [0.25, 0.3) is 0 Å². The number of methoxy groups -OCH3 is 1. The van der Waals surface area contributed by atoms with Gasteiger partial charge in [0.2, 0.25) is 0 Å². The van der Waals surface area contributed by atoms with Gasteiger partial charge in [0.05, 0.1) is 18.8 Å². The van der Waals surface area contributed by atoms with Crippen LogP contribution >= 0.6 is 0 Å². The van der Waals surface area contributed by atoms with Crippen molar-refractivity contribution in [1.82, 2.24) is 10.3 Å². The summed E-state index contributed by atoms with van der Waals surface area (Å²) in [5, 5.41) is 12.8. The Morgan fingerprint density at radius 1 is 1.32 bits per heavy atom. The Labute approximate surface area is 148 Å². The number of aliphatic hydroxyl groups is 1. The minimum absolute atomic E-state index is 0.0254. The van der Waals surface area contributed by atoms with Crippen LogP contribution in [-0.4, -0.2) is 35.3 Å². The average Bonchev–Trinajstić information content (AvgIpc) is 2.59. The Kier molecular flexibility index (Phi) is 5.34. The summed E-state index contributed by atoms with van der Waals surface area (Å²) in [7, 11) is 1.57. The predicted molar refractivity (Wildman–Crippen MR) is 95.7 cm³/mol. The van der Waals surface area contributed by atoms with Crippen molar-refractivity contribution < 1.29 is 14.6 Å². The number of carbonyl (C=O) groups excluding carboxylic acids is 1. The summed E-state index contributed by atoms with van der Waals surface area (Å²) in [5.41, 5.74) is 2.58. The summed E-state index contributed by atoms with van der Waals surface area (Å²) in [6.45, 7) is 1.91. The molecule has 1 saturated carbocycles. The van der Waals surface area contributed by atoms with E-state index in [1.807, 2.05) is 31.2 Å². The zero-order valence-electron chi connectivity index (χ0n) is 14.6. The SMILES string of the molecule is COc1cccc(C)c1C(=O)N[C@H](Cc1ccncc1)C1CC(O)C1. The summed E-state index contributed by atoms with van der Waals surface area (Å²) in [6, 6.07) is 9.48. The van der Waals surface area contributed by atoms with E-state index in [-0.39, 0.29) is 24.0 Å². The summed E-state index contributed by atoms with van der Waals surface area (Å²) < 4.78 is 5.36. The van der Waals surface area contributed by atoms with Crippen molar-refractivity contribution in [2.24, 2.45) is 5.92 Å². The third kappa shape index (κ3) is 3.99. The lowest BCUT2D eigenvalue weighted by Crippen LogP contribution is -2.48. The van der Waals surface area contributed by atoms with Crippen LogP contribution in [0.1, 0.15) is 34.3 Å². The molecule has 0 radical (unpaired) electrons. The fraction of sp³-hybridized carbons (Fsp3) is 0.400. The van der Waals surface area contributed by atoms with E-state index < -0.39 is 0 Å². The number of rotatable bonds is 6. The fourth-order valence-corrected chi connectivity index (χ4v) is 3.41. The maximum atomic E-state index is 12.9. The highest BCUT2D eigenvalue weighted by Gasteiger charge is 2.35. The van der Waals surface area contributed by atoms with E-state index in [1.54, 1.807) is 25.6 Å². The Hall–Kier alpha value is -2.40. The molecule has 2 N–H and O–H groups in total. The molecule has 1 aliphatic rings. The van der Waals surface area contributed by atoms with Crippen LogP contribution in [-0.2, 0) is 6.42 Å². The molecule has 0 aliphatic heterocycles. The van der Waals surface area contributed by atoms with Gasteiger partial charge in [0.15, 0.2) is 0 Å². The first-order valence-electron chi connectivity index (χ1n) is 8.60. The maximum Gasteiger partial charge on any atom is 0.255 e. The molecule has 5 nitrogen and oxygen atoms in total. The number of benzene rings is 1. The minimum atomic E-state index is -0.255. The highest BCUT2D eigenvalue weighted by atomic mass is 16.5. The van der Waals surface area contributed by atoms with Crippen LogP contribution in [0.3, 0.4) is 0 Å². The number of carbonyl (C=O) groups is 1. The normalized spacial score (nSPS) is 20.4. The minimum Gasteiger partial charge on any atom is -0.496 e. The molecule has 1 aromatic heterocycles. The van der Waals surface area contributed by atoms with E-state index in [1.165, 1.54) is 0 Å². The molecule has 5 heteroatoms. The Morgan fingerprint density at radius 2 is 2.04 bits per heavy atom. The van der Waals surface area contributed by atoms with Gasteiger partial charge < -0.3 is 15.2 Å². The van der Waals surface area contributed by atoms with E-state index in [0.717, 1.165) is 30.4 Å². The highest BCUT2D eigenvalue weighted by Crippen LogP contribution is 2.32. The van der Waals surface area contributed by atoms with Crippen molar-refractivity contribution in [3.63, 3.8) is 0 Å². The third-order valence-corrected chi connectivity index (χ3v) is 4.92. The molecule has 132 valence electrons. The lowest BCUT2D eigenvalue weighted by molar-refractivity contribution is 0.0239. The number of amides is 1. The third-order valence-electron chi connectivity index (χ3n) is 4.92. The fourth-order valence-electron chi connectivity index (χ4n) is 3.41. The molecule has 1 aromatic carbocycles. The van der Waals surface area contributed by atoms with Crippen molar-refractivity contribution in [1.29, 1.82) is 0 Å². The van der Waals surface area contributed by atoms with Gasteiger partial charge in [-0.05, 0) is 61.4 Å². The first-order valence-corrected chi connectivity index (χ1v) is 8.60. The number of ether oxygens (including phenoxy) is 1. The number of pyridine rings is 1. The van der Waals surface area contributed by atoms with Gasteiger partial charge in [0.1, 0.15) is 5.75 Å². The first-order chi connectivity index (χ1) is 12.1. The topological polar surface area (TPSA) is 71.5 Å². The monoisotopic (exact) mass is 340 g/mol. The quantitative estimate of drug-likeness (QED) is 0.848. The van der Waals surface area contributed by atoms with E-state index in [9.17, 15) is 9.90 Å². The zero-order chi connectivity index (χ0) is 17.8. The van der Waals surface area contributed by atoms with Crippen molar-refractivity contribution in [3.05, 3.63) is 59.4 Å². The van der Waals surface area contributed by atoms with Crippen molar-refractivity contribution in [3.8, 4) is 5.75 Å². The lowest BCUT2D eigenvalue weighted by atomic mass is 9.75. The Balaban J connectivity index is 1.79. The van der Waals surface area contributed by atoms with Gasteiger partial charge in [-0.2, -0.15) is 0 Å². The van der Waals surface area contributed by atoms with E-state index in [0.29, 0.717) is 11.3 Å². The molecular formula is C20H24N2O3.